The molecule has 1 aliphatic carbocycles. The Labute approximate surface area is 64.8 Å². The molecule has 2 heterocycles. The maximum Gasteiger partial charge on any atom is 0.142 e. The third-order valence-electron chi connectivity index (χ3n) is 2.59. The van der Waals surface area contributed by atoms with E-state index in [0.29, 0.717) is 0 Å². The minimum absolute atomic E-state index is 0.964. The van der Waals surface area contributed by atoms with Crippen LogP contribution in [-0.4, -0.2) is 11.0 Å². The largest absolute Gasteiger partial charge is 0.459 e. The Morgan fingerprint density at radius 3 is 3.00 bits per heavy atom. The van der Waals surface area contributed by atoms with Gasteiger partial charge in [-0.05, 0) is 12.3 Å². The molecule has 3 rings (SSSR count). The number of hydrogen-bond donors (Lipinski definition) is 0. The maximum absolute atomic E-state index is 5.31. The van der Waals surface area contributed by atoms with Crippen LogP contribution in [0.25, 0.3) is 0 Å². The fourth-order valence-corrected chi connectivity index (χ4v) is 2.66. The van der Waals surface area contributed by atoms with Gasteiger partial charge in [-0.3, -0.25) is 0 Å². The van der Waals surface area contributed by atoms with Crippen LogP contribution in [0, 0.1) is 5.92 Å². The second-order valence-electron chi connectivity index (χ2n) is 3.32. The van der Waals surface area contributed by atoms with Crippen molar-refractivity contribution in [3.05, 3.63) is 11.5 Å². The molecule has 2 heteroatoms. The normalized spacial score (nSPS) is 42.4. The van der Waals surface area contributed by atoms with Crippen LogP contribution in [0.1, 0.15) is 19.3 Å². The lowest BCUT2D eigenvalue weighted by Gasteiger charge is -2.11. The third kappa shape index (κ3) is 0.782. The number of ether oxygens (including phenoxy) is 1. The van der Waals surface area contributed by atoms with Crippen LogP contribution in [-0.2, 0) is 4.74 Å². The van der Waals surface area contributed by atoms with Crippen molar-refractivity contribution in [3.8, 4) is 0 Å². The Hall–Kier alpha value is -0.110. The second-order valence-corrected chi connectivity index (χ2v) is 4.60. The Bertz CT molecular complexity index is 205. The molecule has 2 aliphatic heterocycles. The molecule has 1 saturated heterocycles. The van der Waals surface area contributed by atoms with E-state index in [-0.39, 0.29) is 0 Å². The highest BCUT2D eigenvalue weighted by atomic mass is 32.2. The number of rotatable bonds is 1. The average Bonchev–Trinajstić information content (AvgIpc) is 2.83. The van der Waals surface area contributed by atoms with E-state index < -0.39 is 0 Å². The van der Waals surface area contributed by atoms with Gasteiger partial charge in [-0.1, -0.05) is 0 Å². The van der Waals surface area contributed by atoms with Crippen LogP contribution in [0.5, 0.6) is 0 Å². The van der Waals surface area contributed by atoms with E-state index in [1.54, 1.807) is 0 Å². The molecule has 0 bridgehead atoms. The van der Waals surface area contributed by atoms with Crippen LogP contribution >= 0.6 is 11.8 Å². The summed E-state index contributed by atoms with van der Waals surface area (Å²) >= 11 is 2.12. The monoisotopic (exact) mass is 154 g/mol. The molecule has 1 fully saturated rings. The molecule has 10 heavy (non-hydrogen) atoms. The maximum atomic E-state index is 5.31. The molecule has 0 aromatic rings. The van der Waals surface area contributed by atoms with E-state index in [0.717, 1.165) is 11.2 Å². The summed E-state index contributed by atoms with van der Waals surface area (Å²) in [4.78, 5) is 0. The van der Waals surface area contributed by atoms with Crippen molar-refractivity contribution < 1.29 is 4.74 Å². The summed E-state index contributed by atoms with van der Waals surface area (Å²) in [6.07, 6.45) is 3.88. The van der Waals surface area contributed by atoms with E-state index in [9.17, 15) is 0 Å². The van der Waals surface area contributed by atoms with Crippen molar-refractivity contribution >= 4 is 11.8 Å². The molecular weight excluding hydrogens is 144 g/mol. The molecular formula is C8H10OS. The van der Waals surface area contributed by atoms with Crippen LogP contribution in [0.3, 0.4) is 0 Å². The lowest BCUT2D eigenvalue weighted by atomic mass is 9.92. The first kappa shape index (κ1) is 5.53. The zero-order chi connectivity index (χ0) is 6.55. The van der Waals surface area contributed by atoms with Crippen molar-refractivity contribution in [2.75, 3.05) is 5.75 Å². The van der Waals surface area contributed by atoms with Crippen LogP contribution in [0.4, 0.5) is 0 Å². The van der Waals surface area contributed by atoms with Crippen molar-refractivity contribution in [1.29, 1.82) is 0 Å². The summed E-state index contributed by atoms with van der Waals surface area (Å²) in [5.74, 6) is 5.03. The number of allylic oxidation sites excluding steroid dienone is 2. The highest BCUT2D eigenvalue weighted by Gasteiger charge is 2.40. The van der Waals surface area contributed by atoms with Gasteiger partial charge < -0.3 is 4.74 Å². The average molecular weight is 154 g/mol. The molecule has 2 unspecified atom stereocenters. The van der Waals surface area contributed by atoms with Gasteiger partial charge in [0.1, 0.15) is 11.5 Å². The summed E-state index contributed by atoms with van der Waals surface area (Å²) in [5.41, 5.74) is 0. The van der Waals surface area contributed by atoms with Gasteiger partial charge in [-0.25, -0.2) is 0 Å². The molecule has 0 saturated carbocycles. The van der Waals surface area contributed by atoms with Crippen molar-refractivity contribution in [3.63, 3.8) is 0 Å². The first-order valence-electron chi connectivity index (χ1n) is 3.95. The summed E-state index contributed by atoms with van der Waals surface area (Å²) in [5, 5.41) is 0.998. The Kier molecular flexibility index (Phi) is 0.956. The van der Waals surface area contributed by atoms with Gasteiger partial charge in [0.2, 0.25) is 0 Å². The van der Waals surface area contributed by atoms with Gasteiger partial charge in [0.15, 0.2) is 0 Å². The van der Waals surface area contributed by atoms with Gasteiger partial charge in [-0.15, -0.1) is 0 Å². The van der Waals surface area contributed by atoms with Gasteiger partial charge in [0.05, 0.1) is 0 Å². The second kappa shape index (κ2) is 1.73. The lowest BCUT2D eigenvalue weighted by Crippen LogP contribution is -2.08. The van der Waals surface area contributed by atoms with Crippen molar-refractivity contribution in [2.24, 2.45) is 5.92 Å². The van der Waals surface area contributed by atoms with Gasteiger partial charge in [0, 0.05) is 23.8 Å². The smallest absolute Gasteiger partial charge is 0.142 e. The molecule has 0 amide bonds. The van der Waals surface area contributed by atoms with Gasteiger partial charge >= 0.3 is 0 Å². The van der Waals surface area contributed by atoms with E-state index >= 15 is 0 Å². The summed E-state index contributed by atoms with van der Waals surface area (Å²) in [7, 11) is 0. The van der Waals surface area contributed by atoms with Crippen LogP contribution in [0.2, 0.25) is 0 Å². The standard InChI is InChI=1S/C8H10OS/c1-2-6-7(9-6)3-5(1)8-4-10-8/h5,8H,1-4H2. The summed E-state index contributed by atoms with van der Waals surface area (Å²) in [6, 6.07) is 0. The van der Waals surface area contributed by atoms with Crippen molar-refractivity contribution in [1.82, 2.24) is 0 Å². The Morgan fingerprint density at radius 1 is 1.40 bits per heavy atom. The highest BCUT2D eigenvalue weighted by molar-refractivity contribution is 8.06. The molecule has 0 radical (unpaired) electrons. The summed E-state index contributed by atoms with van der Waals surface area (Å²) in [6.45, 7) is 0. The molecule has 54 valence electrons. The van der Waals surface area contributed by atoms with E-state index in [1.165, 1.54) is 36.5 Å². The van der Waals surface area contributed by atoms with Crippen LogP contribution < -0.4 is 0 Å². The molecule has 0 aromatic carbocycles. The lowest BCUT2D eigenvalue weighted by molar-refractivity contribution is 0.447. The third-order valence-corrected chi connectivity index (χ3v) is 3.69. The quantitative estimate of drug-likeness (QED) is 0.536. The van der Waals surface area contributed by atoms with Crippen LogP contribution in [0.15, 0.2) is 11.5 Å². The zero-order valence-electron chi connectivity index (χ0n) is 5.80. The fourth-order valence-electron chi connectivity index (χ4n) is 1.77. The topological polar surface area (TPSA) is 12.5 Å². The number of hydrogen-bond acceptors (Lipinski definition) is 2. The van der Waals surface area contributed by atoms with E-state index in [4.69, 9.17) is 4.74 Å². The molecule has 0 N–H and O–H groups in total. The van der Waals surface area contributed by atoms with Crippen molar-refractivity contribution in [2.45, 2.75) is 24.5 Å². The minimum Gasteiger partial charge on any atom is -0.459 e. The van der Waals surface area contributed by atoms with Gasteiger partial charge in [-0.2, -0.15) is 11.8 Å². The molecule has 0 aromatic heterocycles. The molecule has 1 nitrogen and oxygen atoms in total. The predicted octanol–water partition coefficient (Wildman–Crippen LogP) is 2.14. The van der Waals surface area contributed by atoms with E-state index in [2.05, 4.69) is 11.8 Å². The Balaban J connectivity index is 1.73. The molecule has 3 aliphatic rings. The minimum atomic E-state index is 0.964. The Morgan fingerprint density at radius 2 is 2.30 bits per heavy atom. The van der Waals surface area contributed by atoms with E-state index in [1.807, 2.05) is 0 Å². The zero-order valence-corrected chi connectivity index (χ0v) is 6.62. The number of thioether (sulfide) groups is 1. The van der Waals surface area contributed by atoms with Gasteiger partial charge in [0.25, 0.3) is 0 Å². The SMILES string of the molecule is C1CC(C2CS2)CC2=C1O2. The fraction of sp³-hybridized carbons (Fsp3) is 0.750. The predicted molar refractivity (Wildman–Crippen MR) is 41.7 cm³/mol. The first-order valence-corrected chi connectivity index (χ1v) is 5.00. The summed E-state index contributed by atoms with van der Waals surface area (Å²) < 4.78 is 5.31. The first-order chi connectivity index (χ1) is 4.93. The molecule has 0 spiro atoms. The highest BCUT2D eigenvalue weighted by Crippen LogP contribution is 2.49. The molecule has 2 atom stereocenters.